The number of ether oxygens (including phenoxy) is 1. The summed E-state index contributed by atoms with van der Waals surface area (Å²) in [4.78, 5) is 27.6. The number of piperidine rings is 1. The van der Waals surface area contributed by atoms with Gasteiger partial charge in [0.1, 0.15) is 11.2 Å². The van der Waals surface area contributed by atoms with Gasteiger partial charge in [-0.1, -0.05) is 73.2 Å². The highest BCUT2D eigenvalue weighted by Crippen LogP contribution is 2.68. The number of benzene rings is 3. The van der Waals surface area contributed by atoms with E-state index in [9.17, 15) is 30.0 Å². The van der Waals surface area contributed by atoms with E-state index in [0.29, 0.717) is 105 Å². The van der Waals surface area contributed by atoms with Crippen molar-refractivity contribution >= 4 is 22.3 Å². The van der Waals surface area contributed by atoms with E-state index in [-0.39, 0.29) is 53.1 Å². The number of phenolic OH excluding ortho intramolecular Hbond substituents is 1. The van der Waals surface area contributed by atoms with Crippen LogP contribution in [0.1, 0.15) is 125 Å². The molecule has 3 aromatic rings. The zero-order valence-corrected chi connectivity index (χ0v) is 39.7. The summed E-state index contributed by atoms with van der Waals surface area (Å²) in [6, 6.07) is 18.6. The fourth-order valence-electron chi connectivity index (χ4n) is 16.3. The minimum absolute atomic E-state index is 0.00727. The molecule has 10 heteroatoms. The van der Waals surface area contributed by atoms with Crippen molar-refractivity contribution < 1.29 is 34.8 Å². The molecule has 0 amide bonds. The first-order valence-electron chi connectivity index (χ1n) is 26.1. The fraction of sp³-hybridized carbons (Fsp3) is 0.586. The molecule has 2 aliphatic heterocycles. The number of methoxy groups -OCH3 is 1. The zero-order chi connectivity index (χ0) is 46.9. The van der Waals surface area contributed by atoms with Crippen LogP contribution in [-0.2, 0) is 16.0 Å². The van der Waals surface area contributed by atoms with E-state index in [2.05, 4.69) is 58.9 Å². The highest BCUT2D eigenvalue weighted by Gasteiger charge is 2.65. The monoisotopic (exact) mass is 922 g/mol. The summed E-state index contributed by atoms with van der Waals surface area (Å²) in [6.07, 6.45) is 13.5. The van der Waals surface area contributed by atoms with Gasteiger partial charge < -0.3 is 41.5 Å². The number of carbonyl (C=O) groups is 2. The van der Waals surface area contributed by atoms with Crippen LogP contribution in [0.4, 0.5) is 0 Å². The van der Waals surface area contributed by atoms with Crippen LogP contribution in [0.3, 0.4) is 0 Å². The first kappa shape index (κ1) is 45.8. The third-order valence-corrected chi connectivity index (χ3v) is 19.3. The van der Waals surface area contributed by atoms with Crippen molar-refractivity contribution in [3.8, 4) is 23.3 Å². The number of allylic oxidation sites excluding steroid dienone is 2. The SMILES string of the molecule is COc1cc2c(cc1O)[C@@H](CC[C@H](O)C[C@H](C1=CCNC(N)=C1)c1ccc3ccccc3c1)C#C[C@@]1(CC[C@@H]([C@H]3C[C@@H]4[C@H]5[C@H]6[C@H](CC(=O)C[C@H]6NC[C@H]5C35CCCC5)C[C@H]4O)C[C@H]1O)C(=O)CC2. The van der Waals surface area contributed by atoms with Gasteiger partial charge in [-0.05, 0) is 175 Å². The molecule has 3 aromatic carbocycles. The van der Waals surface area contributed by atoms with Gasteiger partial charge in [0.15, 0.2) is 17.3 Å². The lowest BCUT2D eigenvalue weighted by Gasteiger charge is -2.66. The Morgan fingerprint density at radius 1 is 0.926 bits per heavy atom. The van der Waals surface area contributed by atoms with Crippen LogP contribution < -0.4 is 21.1 Å². The van der Waals surface area contributed by atoms with Gasteiger partial charge in [-0.2, -0.15) is 0 Å². The second-order valence-electron chi connectivity index (χ2n) is 22.5. The molecule has 8 N–H and O–H groups in total. The van der Waals surface area contributed by atoms with E-state index < -0.39 is 29.6 Å². The van der Waals surface area contributed by atoms with Crippen molar-refractivity contribution in [3.05, 3.63) is 94.8 Å². The van der Waals surface area contributed by atoms with Crippen LogP contribution in [0.15, 0.2) is 78.1 Å². The van der Waals surface area contributed by atoms with Gasteiger partial charge in [-0.25, -0.2) is 0 Å². The molecule has 6 aliphatic carbocycles. The third-order valence-electron chi connectivity index (χ3n) is 19.3. The van der Waals surface area contributed by atoms with Crippen molar-refractivity contribution in [1.82, 2.24) is 10.6 Å². The molecule has 0 bridgehead atoms. The number of aliphatic hydroxyl groups excluding tert-OH is 3. The zero-order valence-electron chi connectivity index (χ0n) is 39.7. The van der Waals surface area contributed by atoms with Gasteiger partial charge in [0.05, 0.1) is 31.2 Å². The number of nitrogens with two attached hydrogens (primary N) is 1. The number of fused-ring (bicyclic) bond motifs is 3. The Morgan fingerprint density at radius 3 is 2.54 bits per heavy atom. The Labute approximate surface area is 401 Å². The molecule has 68 heavy (non-hydrogen) atoms. The molecule has 11 rings (SSSR count). The summed E-state index contributed by atoms with van der Waals surface area (Å²) >= 11 is 0. The number of dihydropyridines is 1. The van der Waals surface area contributed by atoms with Gasteiger partial charge in [0.25, 0.3) is 0 Å². The predicted molar refractivity (Wildman–Crippen MR) is 262 cm³/mol. The quantitative estimate of drug-likeness (QED) is 0.105. The maximum absolute atomic E-state index is 14.8. The van der Waals surface area contributed by atoms with Crippen LogP contribution in [-0.4, -0.2) is 76.5 Å². The smallest absolute Gasteiger partial charge is 0.160 e. The maximum atomic E-state index is 14.8. The Bertz CT molecular complexity index is 2570. The number of aryl methyl sites for hydroxylation is 1. The Hall–Kier alpha value is -4.66. The molecule has 2 heterocycles. The van der Waals surface area contributed by atoms with E-state index in [4.69, 9.17) is 10.5 Å². The fourth-order valence-corrected chi connectivity index (χ4v) is 16.3. The number of hydrogen-bond donors (Lipinski definition) is 7. The highest BCUT2D eigenvalue weighted by molar-refractivity contribution is 5.89. The number of rotatable bonds is 9. The maximum Gasteiger partial charge on any atom is 0.160 e. The van der Waals surface area contributed by atoms with Crippen molar-refractivity contribution in [2.24, 2.45) is 58.0 Å². The summed E-state index contributed by atoms with van der Waals surface area (Å²) in [5.74, 6) is 10.2. The minimum Gasteiger partial charge on any atom is -0.504 e. The molecule has 0 unspecified atom stereocenters. The van der Waals surface area contributed by atoms with Gasteiger partial charge in [-0.15, -0.1) is 0 Å². The number of Topliss-reactive ketones (excluding diaryl/α,β-unsaturated/α-hetero) is 2. The van der Waals surface area contributed by atoms with E-state index in [1.807, 2.05) is 24.3 Å². The number of hydrogen-bond acceptors (Lipinski definition) is 10. The van der Waals surface area contributed by atoms with Crippen molar-refractivity contribution in [2.45, 2.75) is 139 Å². The van der Waals surface area contributed by atoms with Crippen LogP contribution in [0.25, 0.3) is 10.8 Å². The Kier molecular flexibility index (Phi) is 12.3. The summed E-state index contributed by atoms with van der Waals surface area (Å²) < 4.78 is 5.57. The Morgan fingerprint density at radius 2 is 1.75 bits per heavy atom. The molecule has 5 saturated carbocycles. The molecule has 1 saturated heterocycles. The number of aromatic hydroxyl groups is 1. The minimum atomic E-state index is -1.22. The standard InChI is InChI=1S/C58H71N3O7/c1-68-51-25-37-11-13-52(66)58(20-15-39(26-53(58)67)46-30-45-49(64)24-40-23-42(63)29-48-55(40)56(45)47(32-61-48)57(46)17-4-5-18-57)19-14-34(44(37)31-50(51)65)10-12-41(62)28-43(38-16-21-60-54(59)27-38)36-9-8-33-6-2-3-7-35(33)22-36/h2-3,6-9,16,22,25,27,31,34,39-41,43,45-49,53,55-56,60-62,64-65,67H,4-5,10-13,15,17-18,20-21,23-24,26,28-30,32,59H2,1H3/t34-,39+,40+,41-,43-,45-,46+,47+,48+,49+,53+,55-,56+,58+/m0/s1. The van der Waals surface area contributed by atoms with Gasteiger partial charge in [0.2, 0.25) is 0 Å². The second kappa shape index (κ2) is 18.3. The highest BCUT2D eigenvalue weighted by atomic mass is 16.5. The molecular formula is C58H71N3O7. The molecule has 8 aliphatic rings. The molecule has 360 valence electrons. The Balaban J connectivity index is 0.868. The van der Waals surface area contributed by atoms with Crippen LogP contribution in [0, 0.1) is 64.1 Å². The van der Waals surface area contributed by atoms with Crippen LogP contribution >= 0.6 is 0 Å². The summed E-state index contributed by atoms with van der Waals surface area (Å²) in [5.41, 5.74) is 9.08. The molecule has 6 fully saturated rings. The number of carbonyl (C=O) groups excluding carboxylic acids is 2. The lowest BCUT2D eigenvalue weighted by molar-refractivity contribution is -0.189. The molecule has 10 nitrogen and oxygen atoms in total. The molecule has 2 spiro atoms. The van der Waals surface area contributed by atoms with Gasteiger partial charge in [-0.3, -0.25) is 9.59 Å². The summed E-state index contributed by atoms with van der Waals surface area (Å²) in [7, 11) is 1.53. The van der Waals surface area contributed by atoms with Crippen LogP contribution in [0.5, 0.6) is 11.5 Å². The molecule has 14 atom stereocenters. The lowest BCUT2D eigenvalue weighted by atomic mass is 9.41. The van der Waals surface area contributed by atoms with E-state index in [0.717, 1.165) is 52.4 Å². The largest absolute Gasteiger partial charge is 0.504 e. The molecule has 0 radical (unpaired) electrons. The van der Waals surface area contributed by atoms with Gasteiger partial charge in [0, 0.05) is 43.7 Å². The van der Waals surface area contributed by atoms with Crippen LogP contribution in [0.2, 0.25) is 0 Å². The van der Waals surface area contributed by atoms with Crippen molar-refractivity contribution in [1.29, 1.82) is 0 Å². The lowest BCUT2D eigenvalue weighted by Crippen LogP contribution is -2.68. The normalized spacial score (nSPS) is 35.9. The average Bonchev–Trinajstić information content (AvgIpc) is 3.83. The first-order chi connectivity index (χ1) is 32.9. The number of phenols is 1. The molecular weight excluding hydrogens is 851 g/mol. The van der Waals surface area contributed by atoms with Crippen molar-refractivity contribution in [2.75, 3.05) is 20.2 Å². The molecule has 0 aromatic heterocycles. The number of nitrogens with one attached hydrogen (secondary N) is 2. The van der Waals surface area contributed by atoms with E-state index >= 15 is 0 Å². The number of aliphatic hydroxyl groups is 3. The van der Waals surface area contributed by atoms with E-state index in [1.165, 1.54) is 32.8 Å². The summed E-state index contributed by atoms with van der Waals surface area (Å²) in [6.45, 7) is 1.51. The predicted octanol–water partition coefficient (Wildman–Crippen LogP) is 7.71. The topological polar surface area (TPSA) is 174 Å². The third kappa shape index (κ3) is 7.98. The van der Waals surface area contributed by atoms with Gasteiger partial charge >= 0.3 is 0 Å². The van der Waals surface area contributed by atoms with E-state index in [1.54, 1.807) is 6.07 Å². The average molecular weight is 922 g/mol. The number of ketones is 2. The first-order valence-corrected chi connectivity index (χ1v) is 26.1. The second-order valence-corrected chi connectivity index (χ2v) is 22.5. The summed E-state index contributed by atoms with van der Waals surface area (Å²) in [5, 5.41) is 57.1. The van der Waals surface area contributed by atoms with Crippen molar-refractivity contribution in [3.63, 3.8) is 0 Å².